The van der Waals surface area contributed by atoms with Gasteiger partial charge in [0.15, 0.2) is 0 Å². The molecular formula is C15H13ClO2. The van der Waals surface area contributed by atoms with E-state index in [2.05, 4.69) is 0 Å². The van der Waals surface area contributed by atoms with E-state index in [0.717, 1.165) is 16.7 Å². The Hall–Kier alpha value is -1.80. The molecule has 0 fully saturated rings. The maximum atomic E-state index is 11.3. The molecule has 0 saturated heterocycles. The molecule has 18 heavy (non-hydrogen) atoms. The van der Waals surface area contributed by atoms with Gasteiger partial charge in [0.1, 0.15) is 0 Å². The lowest BCUT2D eigenvalue weighted by molar-refractivity contribution is 0.0697. The van der Waals surface area contributed by atoms with Crippen molar-refractivity contribution in [1.29, 1.82) is 0 Å². The fourth-order valence-electron chi connectivity index (χ4n) is 1.90. The van der Waals surface area contributed by atoms with Crippen molar-refractivity contribution in [2.75, 3.05) is 0 Å². The first kappa shape index (κ1) is 12.7. The number of carboxylic acids is 1. The minimum absolute atomic E-state index is 0.316. The Labute approximate surface area is 111 Å². The molecule has 0 aromatic heterocycles. The summed E-state index contributed by atoms with van der Waals surface area (Å²) in [6.07, 6.45) is 0. The van der Waals surface area contributed by atoms with Crippen LogP contribution in [0, 0.1) is 13.8 Å². The van der Waals surface area contributed by atoms with Crippen LogP contribution < -0.4 is 0 Å². The summed E-state index contributed by atoms with van der Waals surface area (Å²) in [7, 11) is 0. The molecule has 2 aromatic carbocycles. The van der Waals surface area contributed by atoms with Crippen molar-refractivity contribution in [2.45, 2.75) is 13.8 Å². The molecule has 0 amide bonds. The first-order chi connectivity index (χ1) is 8.49. The molecule has 92 valence electrons. The molecule has 0 saturated carbocycles. The summed E-state index contributed by atoms with van der Waals surface area (Å²) in [5.41, 5.74) is 3.77. The number of halogens is 1. The first-order valence-electron chi connectivity index (χ1n) is 5.59. The summed E-state index contributed by atoms with van der Waals surface area (Å²) in [6.45, 7) is 3.78. The molecule has 2 aromatic rings. The van der Waals surface area contributed by atoms with Crippen LogP contribution in [0.25, 0.3) is 11.1 Å². The van der Waals surface area contributed by atoms with E-state index in [4.69, 9.17) is 11.6 Å². The fraction of sp³-hybridized carbons (Fsp3) is 0.133. The van der Waals surface area contributed by atoms with E-state index in [0.29, 0.717) is 16.1 Å². The molecule has 0 heterocycles. The predicted molar refractivity (Wildman–Crippen MR) is 73.3 cm³/mol. The highest BCUT2D eigenvalue weighted by Gasteiger charge is 2.12. The van der Waals surface area contributed by atoms with Crippen molar-refractivity contribution in [2.24, 2.45) is 0 Å². The number of hydrogen-bond donors (Lipinski definition) is 1. The number of carboxylic acid groups (broad SMARTS) is 1. The highest BCUT2D eigenvalue weighted by molar-refractivity contribution is 6.31. The summed E-state index contributed by atoms with van der Waals surface area (Å²) in [5, 5.41) is 9.93. The van der Waals surface area contributed by atoms with Crippen LogP contribution in [0.5, 0.6) is 0 Å². The third-order valence-corrected chi connectivity index (χ3v) is 3.30. The number of aryl methyl sites for hydroxylation is 2. The van der Waals surface area contributed by atoms with Crippen LogP contribution in [0.1, 0.15) is 21.5 Å². The number of carbonyl (C=O) groups is 1. The molecule has 0 radical (unpaired) electrons. The molecule has 0 atom stereocenters. The standard InChI is InChI=1S/C15H13ClO2/c1-9-3-5-12(13(7-9)15(17)18)11-4-6-14(16)10(2)8-11/h3-8H,1-2H3,(H,17,18). The SMILES string of the molecule is Cc1ccc(-c2ccc(Cl)c(C)c2)c(C(=O)O)c1. The molecule has 0 aliphatic rings. The maximum Gasteiger partial charge on any atom is 0.336 e. The van der Waals surface area contributed by atoms with Gasteiger partial charge in [0, 0.05) is 5.02 Å². The fourth-order valence-corrected chi connectivity index (χ4v) is 2.02. The molecule has 0 aliphatic carbocycles. The van der Waals surface area contributed by atoms with Crippen LogP contribution in [-0.4, -0.2) is 11.1 Å². The summed E-state index contributed by atoms with van der Waals surface area (Å²) in [4.78, 5) is 11.3. The van der Waals surface area contributed by atoms with Gasteiger partial charge in [0.2, 0.25) is 0 Å². The average molecular weight is 261 g/mol. The second-order valence-electron chi connectivity index (χ2n) is 4.32. The van der Waals surface area contributed by atoms with Gasteiger partial charge in [-0.25, -0.2) is 4.79 Å². The largest absolute Gasteiger partial charge is 0.478 e. The zero-order chi connectivity index (χ0) is 13.3. The third-order valence-electron chi connectivity index (χ3n) is 2.87. The van der Waals surface area contributed by atoms with Crippen molar-refractivity contribution in [1.82, 2.24) is 0 Å². The van der Waals surface area contributed by atoms with Gasteiger partial charge in [-0.3, -0.25) is 0 Å². The van der Waals surface area contributed by atoms with E-state index in [1.54, 1.807) is 12.1 Å². The van der Waals surface area contributed by atoms with Crippen LogP contribution in [0.2, 0.25) is 5.02 Å². The second kappa shape index (κ2) is 4.83. The van der Waals surface area contributed by atoms with Crippen molar-refractivity contribution < 1.29 is 9.90 Å². The van der Waals surface area contributed by atoms with Crippen LogP contribution in [0.3, 0.4) is 0 Å². The molecule has 2 rings (SSSR count). The molecule has 0 aliphatic heterocycles. The lowest BCUT2D eigenvalue weighted by Gasteiger charge is -2.09. The lowest BCUT2D eigenvalue weighted by atomic mass is 9.97. The van der Waals surface area contributed by atoms with Gasteiger partial charge in [-0.1, -0.05) is 35.4 Å². The lowest BCUT2D eigenvalue weighted by Crippen LogP contribution is -2.00. The van der Waals surface area contributed by atoms with Gasteiger partial charge >= 0.3 is 5.97 Å². The Balaban J connectivity index is 2.63. The molecule has 3 heteroatoms. The van der Waals surface area contributed by atoms with Crippen molar-refractivity contribution in [3.05, 3.63) is 58.1 Å². The minimum atomic E-state index is -0.915. The zero-order valence-electron chi connectivity index (χ0n) is 10.2. The summed E-state index contributed by atoms with van der Waals surface area (Å²) in [6, 6.07) is 11.0. The quantitative estimate of drug-likeness (QED) is 0.873. The molecule has 0 unspecified atom stereocenters. The van der Waals surface area contributed by atoms with Crippen LogP contribution in [0.4, 0.5) is 0 Å². The molecule has 1 N–H and O–H groups in total. The van der Waals surface area contributed by atoms with Gasteiger partial charge in [-0.05, 0) is 48.7 Å². The van der Waals surface area contributed by atoms with E-state index in [9.17, 15) is 9.90 Å². The van der Waals surface area contributed by atoms with E-state index in [1.165, 1.54) is 0 Å². The number of hydrogen-bond acceptors (Lipinski definition) is 1. The van der Waals surface area contributed by atoms with Crippen molar-refractivity contribution in [3.8, 4) is 11.1 Å². The van der Waals surface area contributed by atoms with Gasteiger partial charge in [-0.2, -0.15) is 0 Å². The topological polar surface area (TPSA) is 37.3 Å². The van der Waals surface area contributed by atoms with Gasteiger partial charge in [0.05, 0.1) is 5.56 Å². The zero-order valence-corrected chi connectivity index (χ0v) is 11.0. The highest BCUT2D eigenvalue weighted by atomic mass is 35.5. The van der Waals surface area contributed by atoms with Gasteiger partial charge in [0.25, 0.3) is 0 Å². The van der Waals surface area contributed by atoms with E-state index in [-0.39, 0.29) is 0 Å². The summed E-state index contributed by atoms with van der Waals surface area (Å²) >= 11 is 5.98. The van der Waals surface area contributed by atoms with E-state index < -0.39 is 5.97 Å². The highest BCUT2D eigenvalue weighted by Crippen LogP contribution is 2.28. The van der Waals surface area contributed by atoms with Crippen molar-refractivity contribution >= 4 is 17.6 Å². The normalized spacial score (nSPS) is 10.4. The summed E-state index contributed by atoms with van der Waals surface area (Å²) < 4.78 is 0. The van der Waals surface area contributed by atoms with Gasteiger partial charge < -0.3 is 5.11 Å². The Bertz CT molecular complexity index is 618. The van der Waals surface area contributed by atoms with Crippen LogP contribution in [0.15, 0.2) is 36.4 Å². The van der Waals surface area contributed by atoms with Crippen LogP contribution >= 0.6 is 11.6 Å². The smallest absolute Gasteiger partial charge is 0.336 e. The number of benzene rings is 2. The van der Waals surface area contributed by atoms with Crippen LogP contribution in [-0.2, 0) is 0 Å². The van der Waals surface area contributed by atoms with Gasteiger partial charge in [-0.15, -0.1) is 0 Å². The molecule has 0 spiro atoms. The molecule has 2 nitrogen and oxygen atoms in total. The number of aromatic carboxylic acids is 1. The first-order valence-corrected chi connectivity index (χ1v) is 5.97. The Kier molecular flexibility index (Phi) is 3.39. The molecular weight excluding hydrogens is 248 g/mol. The van der Waals surface area contributed by atoms with Crippen molar-refractivity contribution in [3.63, 3.8) is 0 Å². The minimum Gasteiger partial charge on any atom is -0.478 e. The maximum absolute atomic E-state index is 11.3. The predicted octanol–water partition coefficient (Wildman–Crippen LogP) is 4.32. The third kappa shape index (κ3) is 2.39. The Morgan fingerprint density at radius 2 is 1.83 bits per heavy atom. The Morgan fingerprint density at radius 3 is 2.44 bits per heavy atom. The average Bonchev–Trinajstić information content (AvgIpc) is 2.32. The monoisotopic (exact) mass is 260 g/mol. The Morgan fingerprint density at radius 1 is 1.11 bits per heavy atom. The summed E-state index contributed by atoms with van der Waals surface area (Å²) in [5.74, 6) is -0.915. The van der Waals surface area contributed by atoms with E-state index in [1.807, 2.05) is 38.1 Å². The van der Waals surface area contributed by atoms with E-state index >= 15 is 0 Å². The second-order valence-corrected chi connectivity index (χ2v) is 4.73. The number of rotatable bonds is 2. The molecule has 0 bridgehead atoms.